The number of amides is 1. The predicted molar refractivity (Wildman–Crippen MR) is 84.1 cm³/mol. The van der Waals surface area contributed by atoms with Crippen molar-refractivity contribution in [1.82, 2.24) is 4.90 Å². The molecule has 0 unspecified atom stereocenters. The first kappa shape index (κ1) is 14.7. The largest absolute Gasteiger partial charge is 0.399 e. The molecule has 2 N–H and O–H groups in total. The van der Waals surface area contributed by atoms with E-state index in [4.69, 9.17) is 5.73 Å². The second kappa shape index (κ2) is 6.16. The minimum Gasteiger partial charge on any atom is -0.399 e. The number of nitrogen functional groups attached to an aromatic ring is 1. The van der Waals surface area contributed by atoms with Crippen LogP contribution in [0.4, 0.5) is 11.4 Å². The van der Waals surface area contributed by atoms with E-state index in [1.165, 1.54) is 12.8 Å². The molecule has 4 nitrogen and oxygen atoms in total. The summed E-state index contributed by atoms with van der Waals surface area (Å²) in [4.78, 5) is 16.9. The van der Waals surface area contributed by atoms with Crippen LogP contribution in [0.2, 0.25) is 0 Å². The van der Waals surface area contributed by atoms with Crippen molar-refractivity contribution in [3.63, 3.8) is 0 Å². The quantitative estimate of drug-likeness (QED) is 0.860. The van der Waals surface area contributed by atoms with Crippen LogP contribution >= 0.6 is 0 Å². The van der Waals surface area contributed by atoms with Gasteiger partial charge in [0.1, 0.15) is 0 Å². The zero-order valence-corrected chi connectivity index (χ0v) is 12.7. The summed E-state index contributed by atoms with van der Waals surface area (Å²) >= 11 is 0. The maximum atomic E-state index is 12.9. The topological polar surface area (TPSA) is 49.6 Å². The highest BCUT2D eigenvalue weighted by Crippen LogP contribution is 2.28. The molecule has 1 fully saturated rings. The highest BCUT2D eigenvalue weighted by Gasteiger charge is 2.27. The second-order valence-corrected chi connectivity index (χ2v) is 5.70. The molecule has 1 aromatic rings. The van der Waals surface area contributed by atoms with Gasteiger partial charge in [-0.25, -0.2) is 0 Å². The van der Waals surface area contributed by atoms with Crippen LogP contribution in [-0.4, -0.2) is 37.5 Å². The minimum atomic E-state index is 0.107. The Morgan fingerprint density at radius 2 is 1.95 bits per heavy atom. The van der Waals surface area contributed by atoms with Crippen LogP contribution < -0.4 is 10.6 Å². The van der Waals surface area contributed by atoms with Crippen molar-refractivity contribution in [1.29, 1.82) is 0 Å². The molecule has 0 aromatic heterocycles. The van der Waals surface area contributed by atoms with Crippen molar-refractivity contribution in [2.45, 2.75) is 38.6 Å². The first-order valence-electron chi connectivity index (χ1n) is 7.42. The first-order chi connectivity index (χ1) is 9.54. The normalized spacial score (nSPS) is 15.3. The summed E-state index contributed by atoms with van der Waals surface area (Å²) in [5, 5.41) is 0. The van der Waals surface area contributed by atoms with Gasteiger partial charge in [-0.15, -0.1) is 0 Å². The van der Waals surface area contributed by atoms with E-state index < -0.39 is 0 Å². The molecule has 0 saturated heterocycles. The van der Waals surface area contributed by atoms with Crippen LogP contribution in [0, 0.1) is 0 Å². The van der Waals surface area contributed by atoms with Crippen molar-refractivity contribution in [2.75, 3.05) is 31.3 Å². The Kier molecular flexibility index (Phi) is 4.53. The highest BCUT2D eigenvalue weighted by atomic mass is 16.2. The van der Waals surface area contributed by atoms with Gasteiger partial charge in [0.05, 0.1) is 5.56 Å². The summed E-state index contributed by atoms with van der Waals surface area (Å²) in [5.41, 5.74) is 8.15. The minimum absolute atomic E-state index is 0.107. The van der Waals surface area contributed by atoms with Crippen molar-refractivity contribution < 1.29 is 4.79 Å². The fourth-order valence-corrected chi connectivity index (χ4v) is 3.05. The molecule has 1 amide bonds. The van der Waals surface area contributed by atoms with Gasteiger partial charge >= 0.3 is 0 Å². The predicted octanol–water partition coefficient (Wildman–Crippen LogP) is 2.74. The van der Waals surface area contributed by atoms with Gasteiger partial charge in [-0.1, -0.05) is 12.8 Å². The molecule has 0 heterocycles. The fourth-order valence-electron chi connectivity index (χ4n) is 3.05. The third kappa shape index (κ3) is 2.89. The first-order valence-corrected chi connectivity index (χ1v) is 7.42. The van der Waals surface area contributed by atoms with E-state index in [1.807, 2.05) is 36.0 Å². The number of carbonyl (C=O) groups excluding carboxylic acids is 1. The molecule has 2 rings (SSSR count). The smallest absolute Gasteiger partial charge is 0.256 e. The summed E-state index contributed by atoms with van der Waals surface area (Å²) in [5.74, 6) is 0.107. The third-order valence-corrected chi connectivity index (χ3v) is 4.10. The molecular formula is C16H25N3O. The molecule has 1 saturated carbocycles. The zero-order chi connectivity index (χ0) is 14.7. The molecule has 0 aliphatic heterocycles. The van der Waals surface area contributed by atoms with Gasteiger partial charge in [-0.05, 0) is 38.0 Å². The van der Waals surface area contributed by atoms with Crippen LogP contribution in [0.5, 0.6) is 0 Å². The van der Waals surface area contributed by atoms with E-state index in [0.717, 1.165) is 25.1 Å². The Labute approximate surface area is 121 Å². The molecule has 0 bridgehead atoms. The molecule has 1 aliphatic carbocycles. The van der Waals surface area contributed by atoms with Gasteiger partial charge in [0.2, 0.25) is 0 Å². The van der Waals surface area contributed by atoms with Crippen LogP contribution in [0.1, 0.15) is 43.0 Å². The number of anilines is 2. The number of nitrogens with two attached hydrogens (primary N) is 1. The van der Waals surface area contributed by atoms with Gasteiger partial charge in [0.25, 0.3) is 5.91 Å². The second-order valence-electron chi connectivity index (χ2n) is 5.70. The average molecular weight is 275 g/mol. The molecule has 20 heavy (non-hydrogen) atoms. The maximum Gasteiger partial charge on any atom is 0.256 e. The Morgan fingerprint density at radius 1 is 1.30 bits per heavy atom. The lowest BCUT2D eigenvalue weighted by Crippen LogP contribution is -2.39. The van der Waals surface area contributed by atoms with Crippen molar-refractivity contribution in [3.8, 4) is 0 Å². The van der Waals surface area contributed by atoms with E-state index in [0.29, 0.717) is 17.3 Å². The number of nitrogens with zero attached hydrogens (tertiary/aromatic N) is 2. The van der Waals surface area contributed by atoms with Gasteiger partial charge in [-0.2, -0.15) is 0 Å². The Hall–Kier alpha value is -1.71. The van der Waals surface area contributed by atoms with Crippen LogP contribution in [-0.2, 0) is 0 Å². The molecule has 1 aliphatic rings. The zero-order valence-electron chi connectivity index (χ0n) is 12.7. The van der Waals surface area contributed by atoms with Gasteiger partial charge < -0.3 is 15.5 Å². The Morgan fingerprint density at radius 3 is 2.50 bits per heavy atom. The highest BCUT2D eigenvalue weighted by molar-refractivity contribution is 6.00. The lowest BCUT2D eigenvalue weighted by Gasteiger charge is -2.29. The SMILES string of the molecule is CCN(C(=O)c1cc(N)ccc1N(C)C)C1CCCC1. The molecule has 0 radical (unpaired) electrons. The molecule has 4 heteroatoms. The maximum absolute atomic E-state index is 12.9. The summed E-state index contributed by atoms with van der Waals surface area (Å²) in [6.07, 6.45) is 4.70. The van der Waals surface area contributed by atoms with E-state index in [1.54, 1.807) is 6.07 Å². The number of hydrogen-bond acceptors (Lipinski definition) is 3. The van der Waals surface area contributed by atoms with E-state index in [-0.39, 0.29) is 5.91 Å². The van der Waals surface area contributed by atoms with Crippen LogP contribution in [0.3, 0.4) is 0 Å². The number of carbonyl (C=O) groups is 1. The summed E-state index contributed by atoms with van der Waals surface area (Å²) < 4.78 is 0. The van der Waals surface area contributed by atoms with Gasteiger partial charge in [0.15, 0.2) is 0 Å². The van der Waals surface area contributed by atoms with Gasteiger partial charge in [-0.3, -0.25) is 4.79 Å². The van der Waals surface area contributed by atoms with Crippen LogP contribution in [0.25, 0.3) is 0 Å². The molecular weight excluding hydrogens is 250 g/mol. The monoisotopic (exact) mass is 275 g/mol. The van der Waals surface area contributed by atoms with Crippen molar-refractivity contribution in [2.24, 2.45) is 0 Å². The molecule has 110 valence electrons. The van der Waals surface area contributed by atoms with Crippen molar-refractivity contribution >= 4 is 17.3 Å². The number of rotatable bonds is 4. The Balaban J connectivity index is 2.33. The van der Waals surface area contributed by atoms with Crippen LogP contribution in [0.15, 0.2) is 18.2 Å². The fraction of sp³-hybridized carbons (Fsp3) is 0.562. The average Bonchev–Trinajstić information content (AvgIpc) is 2.93. The molecule has 0 atom stereocenters. The number of hydrogen-bond donors (Lipinski definition) is 1. The van der Waals surface area contributed by atoms with Crippen molar-refractivity contribution in [3.05, 3.63) is 23.8 Å². The van der Waals surface area contributed by atoms with Gasteiger partial charge in [0, 0.05) is 38.1 Å². The standard InChI is InChI=1S/C16H25N3O/c1-4-19(13-7-5-6-8-13)16(20)14-11-12(17)9-10-15(14)18(2)3/h9-11,13H,4-8,17H2,1-3H3. The lowest BCUT2D eigenvalue weighted by molar-refractivity contribution is 0.0694. The summed E-state index contributed by atoms with van der Waals surface area (Å²) in [6.45, 7) is 2.81. The molecule has 0 spiro atoms. The number of benzene rings is 1. The van der Waals surface area contributed by atoms with E-state index >= 15 is 0 Å². The van der Waals surface area contributed by atoms with E-state index in [9.17, 15) is 4.79 Å². The molecule has 1 aromatic carbocycles. The Bertz CT molecular complexity index is 479. The third-order valence-electron chi connectivity index (χ3n) is 4.10. The summed E-state index contributed by atoms with van der Waals surface area (Å²) in [6, 6.07) is 5.96. The van der Waals surface area contributed by atoms with E-state index in [2.05, 4.69) is 6.92 Å². The lowest BCUT2D eigenvalue weighted by atomic mass is 10.1. The summed E-state index contributed by atoms with van der Waals surface area (Å²) in [7, 11) is 3.91.